The maximum atomic E-state index is 12.6. The van der Waals surface area contributed by atoms with Gasteiger partial charge in [0.05, 0.1) is 0 Å². The van der Waals surface area contributed by atoms with Crippen molar-refractivity contribution in [2.24, 2.45) is 0 Å². The van der Waals surface area contributed by atoms with Crippen LogP contribution in [0.15, 0.2) is 66.7 Å². The van der Waals surface area contributed by atoms with Gasteiger partial charge in [0.25, 0.3) is 0 Å². The van der Waals surface area contributed by atoms with Gasteiger partial charge in [0.1, 0.15) is 6.23 Å². The van der Waals surface area contributed by atoms with E-state index in [0.29, 0.717) is 32.5 Å². The number of nitrogens with zero attached hydrogens (tertiary/aromatic N) is 1. The molecule has 3 N–H and O–H groups in total. The number of rotatable bonds is 22. The highest BCUT2D eigenvalue weighted by Crippen LogP contribution is 2.36. The number of benzene rings is 4. The van der Waals surface area contributed by atoms with Crippen LogP contribution in [-0.2, 0) is 20.9 Å². The number of carbonyl (C=O) groups excluding carboxylic acids is 3. The molecule has 0 saturated carbocycles. The van der Waals surface area contributed by atoms with Crippen molar-refractivity contribution in [1.29, 1.82) is 0 Å². The van der Waals surface area contributed by atoms with E-state index in [4.69, 9.17) is 0 Å². The molecule has 9 heteroatoms. The highest BCUT2D eigenvalue weighted by Gasteiger charge is 2.22. The molecule has 0 saturated heterocycles. The fourth-order valence-electron chi connectivity index (χ4n) is 6.45. The normalized spacial score (nSPS) is 14.6. The number of aliphatic hydroxyl groups is 1. The summed E-state index contributed by atoms with van der Waals surface area (Å²) in [7, 11) is 3.94. The lowest BCUT2D eigenvalue weighted by molar-refractivity contribution is -0.131. The third kappa shape index (κ3) is 10.4. The molecular weight excluding hydrogens is 639 g/mol. The van der Waals surface area contributed by atoms with Crippen molar-refractivity contribution in [1.82, 2.24) is 15.5 Å². The Labute approximate surface area is 292 Å². The molecule has 0 aliphatic carbocycles. The van der Waals surface area contributed by atoms with Crippen LogP contribution in [0.25, 0.3) is 32.3 Å². The summed E-state index contributed by atoms with van der Waals surface area (Å²) < 4.78 is 0. The monoisotopic (exact) mass is 687 g/mol. The molecule has 0 radical (unpaired) electrons. The van der Waals surface area contributed by atoms with Crippen molar-refractivity contribution in [3.8, 4) is 0 Å². The third-order valence-electron chi connectivity index (χ3n) is 9.13. The number of hydrogen-bond donors (Lipinski definition) is 3. The molecule has 5 rings (SSSR count). The predicted octanol–water partition coefficient (Wildman–Crippen LogP) is 8.10. The summed E-state index contributed by atoms with van der Waals surface area (Å²) >= 11 is 0. The predicted molar refractivity (Wildman–Crippen MR) is 202 cm³/mol. The second kappa shape index (κ2) is 19.1. The van der Waals surface area contributed by atoms with E-state index in [1.165, 1.54) is 98.5 Å². The van der Waals surface area contributed by atoms with Gasteiger partial charge in [0, 0.05) is 50.1 Å². The standard InChI is InChI=1S/C39H49N3O4S2/c43-34(40-24-25-42-36(45)22-23-37(42)46)14-7-3-1-5-9-26-47-48-27-10-6-2-4-8-15-35(44)41-28-32-19-18-31-17-16-29-12-11-13-30-20-21-33(32)39(31)38(29)30/h11-13,16-23,36,45H,1-10,14-15,24-28H2,(H,40,43)(H,41,44). The Morgan fingerprint density at radius 3 is 1.90 bits per heavy atom. The molecule has 3 amide bonds. The minimum Gasteiger partial charge on any atom is -0.370 e. The lowest BCUT2D eigenvalue weighted by Crippen LogP contribution is -2.40. The molecule has 0 bridgehead atoms. The molecule has 1 heterocycles. The summed E-state index contributed by atoms with van der Waals surface area (Å²) in [5.41, 5.74) is 1.17. The Balaban J connectivity index is 0.808. The third-order valence-corrected chi connectivity index (χ3v) is 11.7. The first-order chi connectivity index (χ1) is 23.5. The minimum absolute atomic E-state index is 0.00783. The van der Waals surface area contributed by atoms with Crippen LogP contribution in [0.2, 0.25) is 0 Å². The fraction of sp³-hybridized carbons (Fsp3) is 0.462. The van der Waals surface area contributed by atoms with E-state index >= 15 is 0 Å². The van der Waals surface area contributed by atoms with Crippen molar-refractivity contribution in [3.63, 3.8) is 0 Å². The molecule has 1 aliphatic rings. The van der Waals surface area contributed by atoms with E-state index in [0.717, 1.165) is 32.1 Å². The van der Waals surface area contributed by atoms with Crippen LogP contribution in [0.3, 0.4) is 0 Å². The first-order valence-corrected chi connectivity index (χ1v) is 20.1. The first-order valence-electron chi connectivity index (χ1n) is 17.6. The van der Waals surface area contributed by atoms with Gasteiger partial charge in [-0.1, -0.05) is 115 Å². The topological polar surface area (TPSA) is 98.7 Å². The summed E-state index contributed by atoms with van der Waals surface area (Å²) in [6, 6.07) is 19.6. The Kier molecular flexibility index (Phi) is 14.3. The van der Waals surface area contributed by atoms with Crippen LogP contribution in [-0.4, -0.2) is 58.6 Å². The largest absolute Gasteiger partial charge is 0.370 e. The van der Waals surface area contributed by atoms with Gasteiger partial charge in [0.2, 0.25) is 17.7 Å². The maximum absolute atomic E-state index is 12.6. The SMILES string of the molecule is O=C(CCCCCCCSSCCCCCCCC(=O)NCc1ccc2ccc3cccc4ccc1c2c34)NCCN1C(=O)C=CC1O. The summed E-state index contributed by atoms with van der Waals surface area (Å²) in [5.74, 6) is 2.28. The number of hydrogen-bond acceptors (Lipinski definition) is 6. The van der Waals surface area contributed by atoms with Gasteiger partial charge < -0.3 is 20.6 Å². The van der Waals surface area contributed by atoms with Crippen LogP contribution in [0.5, 0.6) is 0 Å². The minimum atomic E-state index is -0.876. The van der Waals surface area contributed by atoms with Gasteiger partial charge in [-0.2, -0.15) is 0 Å². The van der Waals surface area contributed by atoms with Crippen molar-refractivity contribution in [3.05, 3.63) is 72.3 Å². The number of carbonyl (C=O) groups is 3. The lowest BCUT2D eigenvalue weighted by Gasteiger charge is -2.20. The highest BCUT2D eigenvalue weighted by atomic mass is 33.1. The van der Waals surface area contributed by atoms with E-state index in [-0.39, 0.29) is 17.7 Å². The zero-order valence-electron chi connectivity index (χ0n) is 27.9. The van der Waals surface area contributed by atoms with Crippen LogP contribution in [0.4, 0.5) is 0 Å². The van der Waals surface area contributed by atoms with E-state index in [2.05, 4.69) is 65.2 Å². The molecule has 0 aromatic heterocycles. The van der Waals surface area contributed by atoms with E-state index < -0.39 is 6.23 Å². The van der Waals surface area contributed by atoms with Crippen LogP contribution in [0, 0.1) is 0 Å². The molecule has 0 fully saturated rings. The van der Waals surface area contributed by atoms with Crippen LogP contribution in [0.1, 0.15) is 82.6 Å². The maximum Gasteiger partial charge on any atom is 0.248 e. The number of nitrogens with one attached hydrogen (secondary N) is 2. The number of aliphatic hydroxyl groups excluding tert-OH is 1. The molecule has 4 aromatic carbocycles. The molecule has 48 heavy (non-hydrogen) atoms. The average Bonchev–Trinajstić information content (AvgIpc) is 3.42. The van der Waals surface area contributed by atoms with E-state index in [1.54, 1.807) is 0 Å². The second-order valence-corrected chi connectivity index (χ2v) is 15.4. The Morgan fingerprint density at radius 1 is 0.688 bits per heavy atom. The Bertz CT molecular complexity index is 1660. The molecule has 256 valence electrons. The van der Waals surface area contributed by atoms with Crippen LogP contribution < -0.4 is 10.6 Å². The van der Waals surface area contributed by atoms with Crippen molar-refractivity contribution in [2.45, 2.75) is 89.8 Å². The molecular formula is C39H49N3O4S2. The molecule has 1 aliphatic heterocycles. The second-order valence-electron chi connectivity index (χ2n) is 12.7. The summed E-state index contributed by atoms with van der Waals surface area (Å²) in [4.78, 5) is 37.4. The number of unbranched alkanes of at least 4 members (excludes halogenated alkanes) is 8. The fourth-order valence-corrected chi connectivity index (χ4v) is 8.74. The van der Waals surface area contributed by atoms with Gasteiger partial charge in [0.15, 0.2) is 0 Å². The molecule has 4 aromatic rings. The van der Waals surface area contributed by atoms with Crippen LogP contribution >= 0.6 is 21.6 Å². The van der Waals surface area contributed by atoms with Gasteiger partial charge >= 0.3 is 0 Å². The quantitative estimate of drug-likeness (QED) is 0.0439. The molecule has 1 atom stereocenters. The Hall–Kier alpha value is -3.27. The Morgan fingerprint density at radius 2 is 1.25 bits per heavy atom. The van der Waals surface area contributed by atoms with Gasteiger partial charge in [-0.25, -0.2) is 0 Å². The first kappa shape index (κ1) is 36.0. The van der Waals surface area contributed by atoms with Gasteiger partial charge in [-0.15, -0.1) is 0 Å². The zero-order chi connectivity index (χ0) is 33.6. The van der Waals surface area contributed by atoms with Crippen molar-refractivity contribution >= 4 is 71.6 Å². The van der Waals surface area contributed by atoms with Gasteiger partial charge in [-0.3, -0.25) is 14.4 Å². The van der Waals surface area contributed by atoms with Crippen molar-refractivity contribution < 1.29 is 19.5 Å². The smallest absolute Gasteiger partial charge is 0.248 e. The summed E-state index contributed by atoms with van der Waals surface area (Å²) in [6.07, 6.45) is 14.2. The molecule has 0 spiro atoms. The average molecular weight is 688 g/mol. The summed E-state index contributed by atoms with van der Waals surface area (Å²) in [6.45, 7) is 1.25. The molecule has 7 nitrogen and oxygen atoms in total. The van der Waals surface area contributed by atoms with Gasteiger partial charge in [-0.05, 0) is 69.6 Å². The zero-order valence-corrected chi connectivity index (χ0v) is 29.5. The molecule has 1 unspecified atom stereocenters. The number of amides is 3. The van der Waals surface area contributed by atoms with E-state index in [9.17, 15) is 19.5 Å². The lowest BCUT2D eigenvalue weighted by atomic mass is 9.92. The highest BCUT2D eigenvalue weighted by molar-refractivity contribution is 8.76. The summed E-state index contributed by atoms with van der Waals surface area (Å²) in [5, 5.41) is 23.3. The van der Waals surface area contributed by atoms with E-state index in [1.807, 2.05) is 21.6 Å². The van der Waals surface area contributed by atoms with Crippen molar-refractivity contribution in [2.75, 3.05) is 24.6 Å².